The summed E-state index contributed by atoms with van der Waals surface area (Å²) in [5, 5.41) is 0. The second kappa shape index (κ2) is 7.43. The number of carbonyl (C=O) groups is 2. The summed E-state index contributed by atoms with van der Waals surface area (Å²) < 4.78 is 6.04. The molecule has 0 N–H and O–H groups in total. The number of hydrogen-bond acceptors (Lipinski definition) is 3. The molecular weight excluding hydrogens is 340 g/mol. The van der Waals surface area contributed by atoms with E-state index in [1.54, 1.807) is 9.80 Å². The van der Waals surface area contributed by atoms with Crippen molar-refractivity contribution in [2.75, 3.05) is 24.5 Å². The summed E-state index contributed by atoms with van der Waals surface area (Å²) in [5.74, 6) is 0.173. The maximum absolute atomic E-state index is 12.8. The first-order chi connectivity index (χ1) is 13.2. The number of anilines is 1. The van der Waals surface area contributed by atoms with Crippen LogP contribution in [0.4, 0.5) is 5.69 Å². The van der Waals surface area contributed by atoms with E-state index in [1.807, 2.05) is 48.5 Å². The molecule has 0 bridgehead atoms. The van der Waals surface area contributed by atoms with Gasteiger partial charge in [0.15, 0.2) is 0 Å². The highest BCUT2D eigenvalue weighted by atomic mass is 16.5. The maximum Gasteiger partial charge on any atom is 0.239 e. The van der Waals surface area contributed by atoms with Gasteiger partial charge in [-0.15, -0.1) is 0 Å². The number of nitrogens with zero attached hydrogens (tertiary/aromatic N) is 2. The lowest BCUT2D eigenvalue weighted by molar-refractivity contribution is -0.147. The molecule has 0 aromatic heterocycles. The Hall–Kier alpha value is -2.82. The molecule has 2 amide bonds. The van der Waals surface area contributed by atoms with Gasteiger partial charge in [-0.1, -0.05) is 43.3 Å². The van der Waals surface area contributed by atoms with Gasteiger partial charge in [0.1, 0.15) is 17.8 Å². The fourth-order valence-corrected chi connectivity index (χ4v) is 3.78. The number of para-hydroxylation sites is 2. The number of ether oxygens (including phenoxy) is 1. The van der Waals surface area contributed by atoms with E-state index in [2.05, 4.69) is 13.0 Å². The van der Waals surface area contributed by atoms with Crippen LogP contribution in [0.15, 0.2) is 54.6 Å². The lowest BCUT2D eigenvalue weighted by atomic mass is 10.0. The Bertz CT molecular complexity index is 830. The van der Waals surface area contributed by atoms with Crippen molar-refractivity contribution in [2.24, 2.45) is 5.92 Å². The summed E-state index contributed by atoms with van der Waals surface area (Å²) in [6.45, 7) is 3.79. The van der Waals surface area contributed by atoms with E-state index in [4.69, 9.17) is 4.74 Å². The molecule has 140 valence electrons. The van der Waals surface area contributed by atoms with E-state index in [9.17, 15) is 9.59 Å². The Balaban J connectivity index is 1.33. The topological polar surface area (TPSA) is 49.9 Å². The molecule has 2 aliphatic rings. The van der Waals surface area contributed by atoms with E-state index < -0.39 is 5.92 Å². The van der Waals surface area contributed by atoms with Gasteiger partial charge in [0.25, 0.3) is 0 Å². The second-order valence-electron chi connectivity index (χ2n) is 7.11. The number of likely N-dealkylation sites (tertiary alicyclic amines) is 1. The molecule has 0 spiro atoms. The van der Waals surface area contributed by atoms with Gasteiger partial charge < -0.3 is 14.5 Å². The number of carbonyl (C=O) groups excluding carboxylic acids is 2. The Labute approximate surface area is 159 Å². The molecule has 2 heterocycles. The zero-order chi connectivity index (χ0) is 18.8. The van der Waals surface area contributed by atoms with Gasteiger partial charge in [0.2, 0.25) is 11.8 Å². The minimum Gasteiger partial charge on any atom is -0.486 e. The van der Waals surface area contributed by atoms with Gasteiger partial charge in [0, 0.05) is 12.2 Å². The van der Waals surface area contributed by atoms with Crippen LogP contribution < -0.4 is 9.64 Å². The summed E-state index contributed by atoms with van der Waals surface area (Å²) in [6, 6.07) is 17.6. The Morgan fingerprint density at radius 1 is 1.07 bits per heavy atom. The van der Waals surface area contributed by atoms with Crippen LogP contribution in [0.2, 0.25) is 0 Å². The quantitative estimate of drug-likeness (QED) is 0.767. The molecule has 2 fully saturated rings. The molecule has 0 aliphatic carbocycles. The molecule has 2 saturated heterocycles. The van der Waals surface area contributed by atoms with Crippen LogP contribution in [-0.2, 0) is 16.0 Å². The van der Waals surface area contributed by atoms with Crippen LogP contribution in [0, 0.1) is 5.92 Å². The number of benzene rings is 2. The maximum atomic E-state index is 12.8. The molecule has 4 rings (SSSR count). The molecule has 2 aromatic carbocycles. The first-order valence-corrected chi connectivity index (χ1v) is 9.57. The highest BCUT2D eigenvalue weighted by Crippen LogP contribution is 2.29. The third-order valence-corrected chi connectivity index (χ3v) is 5.38. The van der Waals surface area contributed by atoms with Gasteiger partial charge in [-0.05, 0) is 36.6 Å². The zero-order valence-electron chi connectivity index (χ0n) is 15.5. The smallest absolute Gasteiger partial charge is 0.239 e. The zero-order valence-corrected chi connectivity index (χ0v) is 15.5. The molecule has 0 saturated carbocycles. The van der Waals surface area contributed by atoms with E-state index in [0.717, 1.165) is 17.9 Å². The fraction of sp³-hybridized carbons (Fsp3) is 0.364. The first-order valence-electron chi connectivity index (χ1n) is 9.57. The monoisotopic (exact) mass is 364 g/mol. The summed E-state index contributed by atoms with van der Waals surface area (Å²) in [7, 11) is 0. The summed E-state index contributed by atoms with van der Waals surface area (Å²) in [5.41, 5.74) is 2.03. The summed E-state index contributed by atoms with van der Waals surface area (Å²) in [6.07, 6.45) is 1.49. The highest BCUT2D eigenvalue weighted by Gasteiger charge is 2.43. The van der Waals surface area contributed by atoms with Gasteiger partial charge in [-0.3, -0.25) is 9.59 Å². The predicted molar refractivity (Wildman–Crippen MR) is 104 cm³/mol. The average Bonchev–Trinajstić information content (AvgIpc) is 3.06. The highest BCUT2D eigenvalue weighted by molar-refractivity contribution is 6.09. The van der Waals surface area contributed by atoms with Crippen molar-refractivity contribution in [3.63, 3.8) is 0 Å². The molecule has 27 heavy (non-hydrogen) atoms. The summed E-state index contributed by atoms with van der Waals surface area (Å²) >= 11 is 0. The van der Waals surface area contributed by atoms with Crippen molar-refractivity contribution >= 4 is 17.5 Å². The molecule has 0 radical (unpaired) electrons. The standard InChI is InChI=1S/C22H24N2O3/c1-2-16-8-6-7-11-20(16)27-18-14-23(15-18)21(25)19-12-13-24(22(19)26)17-9-4-3-5-10-17/h3-11,18-19H,2,12-15H2,1H3. The molecule has 5 heteroatoms. The van der Waals surface area contributed by atoms with Crippen LogP contribution >= 0.6 is 0 Å². The van der Waals surface area contributed by atoms with Gasteiger partial charge in [-0.2, -0.15) is 0 Å². The van der Waals surface area contributed by atoms with Crippen LogP contribution in [0.25, 0.3) is 0 Å². The normalized spacial score (nSPS) is 19.9. The van der Waals surface area contributed by atoms with Gasteiger partial charge in [-0.25, -0.2) is 0 Å². The second-order valence-corrected chi connectivity index (χ2v) is 7.11. The summed E-state index contributed by atoms with van der Waals surface area (Å²) in [4.78, 5) is 28.9. The lowest BCUT2D eigenvalue weighted by Crippen LogP contribution is -2.58. The average molecular weight is 364 g/mol. The fourth-order valence-electron chi connectivity index (χ4n) is 3.78. The largest absolute Gasteiger partial charge is 0.486 e. The Morgan fingerprint density at radius 2 is 1.78 bits per heavy atom. The van der Waals surface area contributed by atoms with Crippen LogP contribution in [0.5, 0.6) is 5.75 Å². The number of aryl methyl sites for hydroxylation is 1. The van der Waals surface area contributed by atoms with E-state index in [0.29, 0.717) is 26.1 Å². The third-order valence-electron chi connectivity index (χ3n) is 5.38. The van der Waals surface area contributed by atoms with Crippen LogP contribution in [0.3, 0.4) is 0 Å². The van der Waals surface area contributed by atoms with Crippen molar-refractivity contribution < 1.29 is 14.3 Å². The molecular formula is C22H24N2O3. The van der Waals surface area contributed by atoms with Crippen molar-refractivity contribution in [3.05, 3.63) is 60.2 Å². The van der Waals surface area contributed by atoms with Gasteiger partial charge in [0.05, 0.1) is 13.1 Å². The third kappa shape index (κ3) is 3.42. The Kier molecular flexibility index (Phi) is 4.84. The molecule has 5 nitrogen and oxygen atoms in total. The minimum atomic E-state index is -0.561. The molecule has 2 aliphatic heterocycles. The van der Waals surface area contributed by atoms with E-state index >= 15 is 0 Å². The number of rotatable bonds is 5. The van der Waals surface area contributed by atoms with Crippen LogP contribution in [-0.4, -0.2) is 42.5 Å². The van der Waals surface area contributed by atoms with Crippen molar-refractivity contribution in [2.45, 2.75) is 25.9 Å². The predicted octanol–water partition coefficient (Wildman–Crippen LogP) is 2.89. The SMILES string of the molecule is CCc1ccccc1OC1CN(C(=O)C2CCN(c3ccccc3)C2=O)C1. The van der Waals surface area contributed by atoms with Crippen molar-refractivity contribution in [1.82, 2.24) is 4.90 Å². The molecule has 1 atom stereocenters. The molecule has 1 unspecified atom stereocenters. The number of hydrogen-bond donors (Lipinski definition) is 0. The Morgan fingerprint density at radius 3 is 2.52 bits per heavy atom. The van der Waals surface area contributed by atoms with Crippen molar-refractivity contribution in [1.29, 1.82) is 0 Å². The van der Waals surface area contributed by atoms with Crippen LogP contribution in [0.1, 0.15) is 18.9 Å². The number of amides is 2. The van der Waals surface area contributed by atoms with Crippen molar-refractivity contribution in [3.8, 4) is 5.75 Å². The van der Waals surface area contributed by atoms with Gasteiger partial charge >= 0.3 is 0 Å². The first kappa shape index (κ1) is 17.6. The molecule has 2 aromatic rings. The minimum absolute atomic E-state index is 0.00313. The van der Waals surface area contributed by atoms with E-state index in [-0.39, 0.29) is 17.9 Å². The lowest BCUT2D eigenvalue weighted by Gasteiger charge is -2.40. The van der Waals surface area contributed by atoms with E-state index in [1.165, 1.54) is 5.56 Å².